The summed E-state index contributed by atoms with van der Waals surface area (Å²) >= 11 is 1.30. The summed E-state index contributed by atoms with van der Waals surface area (Å²) in [4.78, 5) is 29.4. The van der Waals surface area contributed by atoms with Gasteiger partial charge in [0, 0.05) is 11.9 Å². The monoisotopic (exact) mass is 308 g/mol. The fraction of sp³-hybridized carbons (Fsp3) is 0.533. The van der Waals surface area contributed by atoms with Crippen molar-refractivity contribution in [1.29, 1.82) is 0 Å². The van der Waals surface area contributed by atoms with Gasteiger partial charge in [-0.2, -0.15) is 0 Å². The molecule has 0 saturated carbocycles. The highest BCUT2D eigenvalue weighted by Crippen LogP contribution is 2.21. The third kappa shape index (κ3) is 3.50. The molecule has 114 valence electrons. The minimum atomic E-state index is -0.429. The summed E-state index contributed by atoms with van der Waals surface area (Å²) in [6.07, 6.45) is 5.26. The van der Waals surface area contributed by atoms with Gasteiger partial charge in [-0.1, -0.05) is 26.7 Å². The summed E-state index contributed by atoms with van der Waals surface area (Å²) in [6, 6.07) is 0. The molecule has 0 N–H and O–H groups in total. The van der Waals surface area contributed by atoms with E-state index >= 15 is 0 Å². The normalized spacial score (nSPS) is 11.0. The van der Waals surface area contributed by atoms with Crippen molar-refractivity contribution in [3.05, 3.63) is 27.6 Å². The quantitative estimate of drug-likeness (QED) is 0.582. The zero-order chi connectivity index (χ0) is 15.2. The second kappa shape index (κ2) is 7.36. The fourth-order valence-electron chi connectivity index (χ4n) is 1.99. The molecule has 0 amide bonds. The highest BCUT2D eigenvalue weighted by Gasteiger charge is 2.18. The van der Waals surface area contributed by atoms with E-state index in [1.54, 1.807) is 16.3 Å². The van der Waals surface area contributed by atoms with Gasteiger partial charge in [0.05, 0.1) is 23.9 Å². The van der Waals surface area contributed by atoms with Crippen LogP contribution in [0.15, 0.2) is 16.5 Å². The molecule has 6 heteroatoms. The van der Waals surface area contributed by atoms with E-state index in [9.17, 15) is 9.59 Å². The van der Waals surface area contributed by atoms with Gasteiger partial charge in [0.2, 0.25) is 0 Å². The average molecular weight is 308 g/mol. The van der Waals surface area contributed by atoms with Crippen LogP contribution in [-0.2, 0) is 11.3 Å². The second-order valence-corrected chi connectivity index (χ2v) is 5.77. The second-order valence-electron chi connectivity index (χ2n) is 4.92. The SMILES string of the molecule is CCCCOC(=O)c1csc2ncn(CCCC)c(=O)c12. The number of fused-ring (bicyclic) bond motifs is 1. The molecule has 0 aliphatic heterocycles. The lowest BCUT2D eigenvalue weighted by Crippen LogP contribution is -2.21. The van der Waals surface area contributed by atoms with Gasteiger partial charge in [0.15, 0.2) is 0 Å². The molecule has 0 fully saturated rings. The first-order chi connectivity index (χ1) is 10.2. The van der Waals surface area contributed by atoms with Crippen LogP contribution in [0.5, 0.6) is 0 Å². The number of unbranched alkanes of at least 4 members (excludes halogenated alkanes) is 2. The number of aryl methyl sites for hydroxylation is 1. The van der Waals surface area contributed by atoms with Crippen molar-refractivity contribution in [1.82, 2.24) is 9.55 Å². The number of rotatable bonds is 7. The molecule has 2 aromatic heterocycles. The maximum atomic E-state index is 12.5. The molecule has 0 aliphatic rings. The predicted molar refractivity (Wildman–Crippen MR) is 84.0 cm³/mol. The first kappa shape index (κ1) is 15.7. The van der Waals surface area contributed by atoms with Crippen LogP contribution in [0.3, 0.4) is 0 Å². The Labute approximate surface area is 127 Å². The Morgan fingerprint density at radius 3 is 2.81 bits per heavy atom. The molecule has 5 nitrogen and oxygen atoms in total. The van der Waals surface area contributed by atoms with Crippen LogP contribution in [0.1, 0.15) is 49.9 Å². The van der Waals surface area contributed by atoms with Crippen LogP contribution in [0.4, 0.5) is 0 Å². The zero-order valence-electron chi connectivity index (χ0n) is 12.4. The predicted octanol–water partition coefficient (Wildman–Crippen LogP) is 3.22. The Morgan fingerprint density at radius 1 is 1.33 bits per heavy atom. The Balaban J connectivity index is 2.32. The number of thiophene rings is 1. The van der Waals surface area contributed by atoms with Crippen molar-refractivity contribution >= 4 is 27.5 Å². The van der Waals surface area contributed by atoms with E-state index < -0.39 is 5.97 Å². The van der Waals surface area contributed by atoms with Gasteiger partial charge >= 0.3 is 5.97 Å². The number of ether oxygens (including phenoxy) is 1. The lowest BCUT2D eigenvalue weighted by Gasteiger charge is -2.05. The van der Waals surface area contributed by atoms with E-state index in [0.717, 1.165) is 25.7 Å². The summed E-state index contributed by atoms with van der Waals surface area (Å²) in [7, 11) is 0. The van der Waals surface area contributed by atoms with Crippen LogP contribution in [0.25, 0.3) is 10.2 Å². The standard InChI is InChI=1S/C15H20N2O3S/c1-3-5-7-17-10-16-13-12(14(17)18)11(9-21-13)15(19)20-8-6-4-2/h9-10H,3-8H2,1-2H3. The first-order valence-electron chi connectivity index (χ1n) is 7.32. The van der Waals surface area contributed by atoms with Crippen molar-refractivity contribution in [2.45, 2.75) is 46.1 Å². The van der Waals surface area contributed by atoms with Crippen molar-refractivity contribution in [2.24, 2.45) is 0 Å². The number of hydrogen-bond acceptors (Lipinski definition) is 5. The van der Waals surface area contributed by atoms with Gasteiger partial charge in [0.1, 0.15) is 4.83 Å². The van der Waals surface area contributed by atoms with Crippen LogP contribution in [-0.4, -0.2) is 22.1 Å². The van der Waals surface area contributed by atoms with E-state index in [-0.39, 0.29) is 5.56 Å². The van der Waals surface area contributed by atoms with E-state index in [1.165, 1.54) is 11.3 Å². The van der Waals surface area contributed by atoms with E-state index in [0.29, 0.717) is 28.9 Å². The summed E-state index contributed by atoms with van der Waals surface area (Å²) in [5, 5.41) is 2.05. The van der Waals surface area contributed by atoms with Crippen molar-refractivity contribution in [2.75, 3.05) is 6.61 Å². The highest BCUT2D eigenvalue weighted by atomic mass is 32.1. The van der Waals surface area contributed by atoms with Gasteiger partial charge in [-0.05, 0) is 12.8 Å². The number of esters is 1. The average Bonchev–Trinajstić information content (AvgIpc) is 2.91. The number of hydrogen-bond donors (Lipinski definition) is 0. The third-order valence-electron chi connectivity index (χ3n) is 3.26. The third-order valence-corrected chi connectivity index (χ3v) is 4.15. The maximum absolute atomic E-state index is 12.5. The van der Waals surface area contributed by atoms with Gasteiger partial charge < -0.3 is 4.74 Å². The summed E-state index contributed by atoms with van der Waals surface area (Å²) < 4.78 is 6.77. The lowest BCUT2D eigenvalue weighted by molar-refractivity contribution is 0.0502. The van der Waals surface area contributed by atoms with Gasteiger partial charge in [0.25, 0.3) is 5.56 Å². The molecule has 2 rings (SSSR count). The molecule has 0 aromatic carbocycles. The molecule has 0 bridgehead atoms. The molecule has 0 aliphatic carbocycles. The van der Waals surface area contributed by atoms with Crippen LogP contribution < -0.4 is 5.56 Å². The number of nitrogens with zero attached hydrogens (tertiary/aromatic N) is 2. The molecule has 2 heterocycles. The topological polar surface area (TPSA) is 61.2 Å². The van der Waals surface area contributed by atoms with Gasteiger partial charge in [-0.15, -0.1) is 11.3 Å². The van der Waals surface area contributed by atoms with Crippen LogP contribution in [0.2, 0.25) is 0 Å². The number of carbonyl (C=O) groups is 1. The maximum Gasteiger partial charge on any atom is 0.339 e. The molecular formula is C15H20N2O3S. The Morgan fingerprint density at radius 2 is 2.10 bits per heavy atom. The molecule has 0 saturated heterocycles. The van der Waals surface area contributed by atoms with Crippen LogP contribution >= 0.6 is 11.3 Å². The van der Waals surface area contributed by atoms with E-state index in [1.807, 2.05) is 6.92 Å². The minimum absolute atomic E-state index is 0.155. The number of aromatic nitrogens is 2. The van der Waals surface area contributed by atoms with E-state index in [2.05, 4.69) is 11.9 Å². The van der Waals surface area contributed by atoms with Crippen molar-refractivity contribution < 1.29 is 9.53 Å². The summed E-state index contributed by atoms with van der Waals surface area (Å²) in [6.45, 7) is 5.11. The molecule has 0 atom stereocenters. The highest BCUT2D eigenvalue weighted by molar-refractivity contribution is 7.17. The summed E-state index contributed by atoms with van der Waals surface area (Å²) in [5.41, 5.74) is 0.187. The van der Waals surface area contributed by atoms with Gasteiger partial charge in [-0.25, -0.2) is 9.78 Å². The lowest BCUT2D eigenvalue weighted by atomic mass is 10.2. The minimum Gasteiger partial charge on any atom is -0.462 e. The first-order valence-corrected chi connectivity index (χ1v) is 8.20. The van der Waals surface area contributed by atoms with Crippen LogP contribution in [0, 0.1) is 0 Å². The Hall–Kier alpha value is -1.69. The molecule has 0 spiro atoms. The summed E-state index contributed by atoms with van der Waals surface area (Å²) in [5.74, 6) is -0.429. The molecule has 0 unspecified atom stereocenters. The largest absolute Gasteiger partial charge is 0.462 e. The van der Waals surface area contributed by atoms with Crippen molar-refractivity contribution in [3.63, 3.8) is 0 Å². The smallest absolute Gasteiger partial charge is 0.339 e. The molecule has 0 radical (unpaired) electrons. The molecule has 21 heavy (non-hydrogen) atoms. The van der Waals surface area contributed by atoms with Gasteiger partial charge in [-0.3, -0.25) is 9.36 Å². The Bertz CT molecular complexity index is 675. The fourth-order valence-corrected chi connectivity index (χ4v) is 2.86. The van der Waals surface area contributed by atoms with E-state index in [4.69, 9.17) is 4.74 Å². The Kier molecular flexibility index (Phi) is 5.50. The molecular weight excluding hydrogens is 288 g/mol. The van der Waals surface area contributed by atoms with Crippen molar-refractivity contribution in [3.8, 4) is 0 Å². The number of carbonyl (C=O) groups excluding carboxylic acids is 1. The molecule has 2 aromatic rings. The zero-order valence-corrected chi connectivity index (χ0v) is 13.2.